The molecule has 1 aromatic carbocycles. The second-order valence-corrected chi connectivity index (χ2v) is 3.75. The van der Waals surface area contributed by atoms with E-state index in [-0.39, 0.29) is 31.1 Å². The van der Waals surface area contributed by atoms with Gasteiger partial charge in [-0.25, -0.2) is 0 Å². The number of primary amides is 1. The van der Waals surface area contributed by atoms with E-state index in [9.17, 15) is 18.0 Å². The Kier molecular flexibility index (Phi) is 4.99. The Morgan fingerprint density at radius 2 is 2.05 bits per heavy atom. The van der Waals surface area contributed by atoms with E-state index in [1.54, 1.807) is 0 Å². The van der Waals surface area contributed by atoms with Gasteiger partial charge in [-0.05, 0) is 18.2 Å². The Hall–Kier alpha value is -1.96. The van der Waals surface area contributed by atoms with Gasteiger partial charge in [-0.15, -0.1) is 0 Å². The Bertz CT molecular complexity index is 449. The van der Waals surface area contributed by atoms with Crippen molar-refractivity contribution in [2.75, 3.05) is 30.8 Å². The Morgan fingerprint density at radius 3 is 2.63 bits per heavy atom. The number of rotatable bonds is 6. The highest BCUT2D eigenvalue weighted by Gasteiger charge is 2.33. The Balaban J connectivity index is 2.61. The number of amides is 1. The number of benzene rings is 1. The number of halogens is 3. The summed E-state index contributed by atoms with van der Waals surface area (Å²) in [7, 11) is 0. The lowest BCUT2D eigenvalue weighted by Gasteiger charge is -2.15. The summed E-state index contributed by atoms with van der Waals surface area (Å²) in [5.41, 5.74) is 9.26. The van der Waals surface area contributed by atoms with E-state index in [4.69, 9.17) is 16.2 Å². The third-order valence-corrected chi connectivity index (χ3v) is 2.16. The predicted octanol–water partition coefficient (Wildman–Crippen LogP) is 1.20. The molecule has 1 amide bonds. The van der Waals surface area contributed by atoms with Gasteiger partial charge in [0.2, 0.25) is 5.91 Å². The molecule has 0 saturated heterocycles. The number of carbonyl (C=O) groups excluding carboxylic acids is 1. The molecular formula is C11H14F3N3O2. The van der Waals surface area contributed by atoms with Crippen molar-refractivity contribution < 1.29 is 22.7 Å². The van der Waals surface area contributed by atoms with Gasteiger partial charge >= 0.3 is 6.18 Å². The molecule has 5 N–H and O–H groups in total. The minimum atomic E-state index is -4.49. The smallest absolute Gasteiger partial charge is 0.399 e. The van der Waals surface area contributed by atoms with Crippen molar-refractivity contribution >= 4 is 17.3 Å². The van der Waals surface area contributed by atoms with E-state index in [1.807, 2.05) is 0 Å². The van der Waals surface area contributed by atoms with Crippen LogP contribution in [-0.2, 0) is 15.7 Å². The number of nitrogens with one attached hydrogen (secondary N) is 1. The van der Waals surface area contributed by atoms with Crippen LogP contribution in [0, 0.1) is 0 Å². The monoisotopic (exact) mass is 277 g/mol. The van der Waals surface area contributed by atoms with Crippen LogP contribution in [0.1, 0.15) is 5.56 Å². The van der Waals surface area contributed by atoms with Crippen molar-refractivity contribution in [2.24, 2.45) is 5.73 Å². The van der Waals surface area contributed by atoms with Gasteiger partial charge in [0, 0.05) is 17.9 Å². The molecule has 1 aromatic rings. The molecule has 0 aliphatic heterocycles. The second kappa shape index (κ2) is 6.28. The van der Waals surface area contributed by atoms with E-state index < -0.39 is 17.6 Å². The first-order valence-corrected chi connectivity index (χ1v) is 5.37. The quantitative estimate of drug-likeness (QED) is 0.538. The average Bonchev–Trinajstić information content (AvgIpc) is 2.28. The number of carbonyl (C=O) groups is 1. The molecule has 106 valence electrons. The van der Waals surface area contributed by atoms with Crippen LogP contribution < -0.4 is 16.8 Å². The lowest BCUT2D eigenvalue weighted by atomic mass is 10.1. The molecule has 0 aliphatic rings. The van der Waals surface area contributed by atoms with Crippen LogP contribution in [-0.4, -0.2) is 25.7 Å². The maximum Gasteiger partial charge on any atom is 0.418 e. The van der Waals surface area contributed by atoms with E-state index >= 15 is 0 Å². The minimum absolute atomic E-state index is 0.0304. The van der Waals surface area contributed by atoms with Gasteiger partial charge in [0.05, 0.1) is 12.2 Å². The zero-order valence-electron chi connectivity index (χ0n) is 9.96. The van der Waals surface area contributed by atoms with Crippen LogP contribution in [0.15, 0.2) is 18.2 Å². The number of hydrogen-bond donors (Lipinski definition) is 3. The summed E-state index contributed by atoms with van der Waals surface area (Å²) in [5, 5.41) is 2.57. The number of ether oxygens (including phenoxy) is 1. The molecule has 0 saturated carbocycles. The fourth-order valence-electron chi connectivity index (χ4n) is 1.38. The minimum Gasteiger partial charge on any atom is -0.399 e. The number of nitrogens with two attached hydrogens (primary N) is 2. The molecule has 0 heterocycles. The maximum absolute atomic E-state index is 12.7. The van der Waals surface area contributed by atoms with E-state index in [1.165, 1.54) is 12.1 Å². The van der Waals surface area contributed by atoms with Gasteiger partial charge in [-0.2, -0.15) is 13.2 Å². The largest absolute Gasteiger partial charge is 0.418 e. The molecule has 0 atom stereocenters. The highest BCUT2D eigenvalue weighted by Crippen LogP contribution is 2.35. The highest BCUT2D eigenvalue weighted by atomic mass is 19.4. The van der Waals surface area contributed by atoms with Crippen molar-refractivity contribution in [3.63, 3.8) is 0 Å². The summed E-state index contributed by atoms with van der Waals surface area (Å²) >= 11 is 0. The van der Waals surface area contributed by atoms with Crippen molar-refractivity contribution in [3.8, 4) is 0 Å². The van der Waals surface area contributed by atoms with Gasteiger partial charge in [-0.1, -0.05) is 0 Å². The fraction of sp³-hybridized carbons (Fsp3) is 0.364. The van der Waals surface area contributed by atoms with Crippen molar-refractivity contribution in [3.05, 3.63) is 23.8 Å². The van der Waals surface area contributed by atoms with Gasteiger partial charge in [-0.3, -0.25) is 4.79 Å². The Labute approximate surface area is 107 Å². The van der Waals surface area contributed by atoms with Gasteiger partial charge in [0.25, 0.3) is 0 Å². The molecule has 0 aromatic heterocycles. The predicted molar refractivity (Wildman–Crippen MR) is 64.4 cm³/mol. The standard InChI is InChI=1S/C11H14F3N3O2/c12-11(13,14)8-5-7(15)1-2-9(8)17-3-4-19-6-10(16)18/h1-2,5,17H,3-4,6,15H2,(H2,16,18). The summed E-state index contributed by atoms with van der Waals surface area (Å²) in [6.07, 6.45) is -4.49. The van der Waals surface area contributed by atoms with Crippen LogP contribution >= 0.6 is 0 Å². The molecule has 1 rings (SSSR count). The average molecular weight is 277 g/mol. The summed E-state index contributed by atoms with van der Waals surface area (Å²) in [6, 6.07) is 3.46. The molecular weight excluding hydrogens is 263 g/mol. The van der Waals surface area contributed by atoms with E-state index in [0.29, 0.717) is 0 Å². The SMILES string of the molecule is NC(=O)COCCNc1ccc(N)cc1C(F)(F)F. The number of hydrogen-bond acceptors (Lipinski definition) is 4. The third kappa shape index (κ3) is 5.04. The van der Waals surface area contributed by atoms with Crippen molar-refractivity contribution in [1.82, 2.24) is 0 Å². The summed E-state index contributed by atoms with van der Waals surface area (Å²) in [5.74, 6) is -0.636. The molecule has 0 aliphatic carbocycles. The van der Waals surface area contributed by atoms with Crippen LogP contribution in [0.25, 0.3) is 0 Å². The normalized spacial score (nSPS) is 11.3. The molecule has 19 heavy (non-hydrogen) atoms. The molecule has 0 bridgehead atoms. The number of alkyl halides is 3. The van der Waals surface area contributed by atoms with Crippen LogP contribution in [0.4, 0.5) is 24.5 Å². The highest BCUT2D eigenvalue weighted by molar-refractivity contribution is 5.74. The summed E-state index contributed by atoms with van der Waals surface area (Å²) in [6.45, 7) is -0.0968. The van der Waals surface area contributed by atoms with Gasteiger partial charge < -0.3 is 21.5 Å². The molecule has 5 nitrogen and oxygen atoms in total. The molecule has 0 radical (unpaired) electrons. The van der Waals surface area contributed by atoms with E-state index in [0.717, 1.165) is 6.07 Å². The third-order valence-electron chi connectivity index (χ3n) is 2.16. The lowest BCUT2D eigenvalue weighted by molar-refractivity contribution is -0.136. The number of nitrogen functional groups attached to an aromatic ring is 1. The molecule has 8 heteroatoms. The first kappa shape index (κ1) is 15.1. The zero-order valence-corrected chi connectivity index (χ0v) is 9.96. The summed E-state index contributed by atoms with van der Waals surface area (Å²) in [4.78, 5) is 10.4. The maximum atomic E-state index is 12.7. The van der Waals surface area contributed by atoms with Gasteiger partial charge in [0.15, 0.2) is 0 Å². The summed E-state index contributed by atoms with van der Waals surface area (Å²) < 4.78 is 43.0. The molecule has 0 fully saturated rings. The van der Waals surface area contributed by atoms with Gasteiger partial charge in [0.1, 0.15) is 6.61 Å². The Morgan fingerprint density at radius 1 is 1.37 bits per heavy atom. The van der Waals surface area contributed by atoms with Crippen molar-refractivity contribution in [2.45, 2.75) is 6.18 Å². The topological polar surface area (TPSA) is 90.4 Å². The fourth-order valence-corrected chi connectivity index (χ4v) is 1.38. The van der Waals surface area contributed by atoms with Crippen molar-refractivity contribution in [1.29, 1.82) is 0 Å². The van der Waals surface area contributed by atoms with Crippen LogP contribution in [0.5, 0.6) is 0 Å². The number of anilines is 2. The van der Waals surface area contributed by atoms with E-state index in [2.05, 4.69) is 5.32 Å². The lowest BCUT2D eigenvalue weighted by Crippen LogP contribution is -2.21. The molecule has 0 unspecified atom stereocenters. The van der Waals surface area contributed by atoms with Crippen LogP contribution in [0.2, 0.25) is 0 Å². The second-order valence-electron chi connectivity index (χ2n) is 3.75. The first-order valence-electron chi connectivity index (χ1n) is 5.37. The van der Waals surface area contributed by atoms with Crippen LogP contribution in [0.3, 0.4) is 0 Å². The first-order chi connectivity index (χ1) is 8.80. The molecule has 0 spiro atoms. The zero-order chi connectivity index (χ0) is 14.5.